The number of rotatable bonds is 2. The van der Waals surface area contributed by atoms with E-state index >= 15 is 0 Å². The number of nitrogens with zero attached hydrogens (tertiary/aromatic N) is 2. The third-order valence-electron chi connectivity index (χ3n) is 2.60. The van der Waals surface area contributed by atoms with Crippen molar-refractivity contribution in [3.05, 3.63) is 52.8 Å². The van der Waals surface area contributed by atoms with Crippen LogP contribution in [0, 0.1) is 32.1 Å². The average molecular weight is 238 g/mol. The van der Waals surface area contributed by atoms with Crippen molar-refractivity contribution in [2.45, 2.75) is 20.8 Å². The number of nitriles is 1. The molecule has 0 saturated carbocycles. The first-order valence-corrected chi connectivity index (χ1v) is 5.72. The summed E-state index contributed by atoms with van der Waals surface area (Å²) in [6, 6.07) is 11.3. The quantitative estimate of drug-likeness (QED) is 0.801. The van der Waals surface area contributed by atoms with Crippen molar-refractivity contribution in [2.75, 3.05) is 0 Å². The topological polar surface area (TPSA) is 45.9 Å². The molecule has 0 atom stereocenters. The predicted octanol–water partition coefficient (Wildman–Crippen LogP) is 3.67. The fourth-order valence-corrected chi connectivity index (χ4v) is 1.76. The molecule has 0 aliphatic heterocycles. The van der Waals surface area contributed by atoms with E-state index in [1.165, 1.54) is 0 Å². The number of hydrogen-bond acceptors (Lipinski definition) is 3. The van der Waals surface area contributed by atoms with E-state index in [1.807, 2.05) is 39.0 Å². The molecule has 0 unspecified atom stereocenters. The summed E-state index contributed by atoms with van der Waals surface area (Å²) in [7, 11) is 0. The van der Waals surface area contributed by atoms with Gasteiger partial charge in [-0.2, -0.15) is 5.26 Å². The lowest BCUT2D eigenvalue weighted by molar-refractivity contribution is 0.477. The number of aromatic nitrogens is 1. The molecular weight excluding hydrogens is 224 g/mol. The Morgan fingerprint density at radius 3 is 2.33 bits per heavy atom. The van der Waals surface area contributed by atoms with E-state index in [1.54, 1.807) is 12.1 Å². The van der Waals surface area contributed by atoms with Crippen molar-refractivity contribution < 1.29 is 4.74 Å². The molecule has 0 N–H and O–H groups in total. The van der Waals surface area contributed by atoms with Gasteiger partial charge < -0.3 is 4.74 Å². The first kappa shape index (κ1) is 12.1. The van der Waals surface area contributed by atoms with Crippen LogP contribution in [0.3, 0.4) is 0 Å². The summed E-state index contributed by atoms with van der Waals surface area (Å²) in [6.07, 6.45) is 0. The van der Waals surface area contributed by atoms with Gasteiger partial charge in [-0.25, -0.2) is 0 Å². The van der Waals surface area contributed by atoms with E-state index in [0.29, 0.717) is 11.3 Å². The minimum absolute atomic E-state index is 0.595. The van der Waals surface area contributed by atoms with Crippen LogP contribution >= 0.6 is 0 Å². The molecular formula is C15H14N2O. The summed E-state index contributed by atoms with van der Waals surface area (Å²) < 4.78 is 5.82. The molecule has 0 radical (unpaired) electrons. The van der Waals surface area contributed by atoms with E-state index in [-0.39, 0.29) is 0 Å². The molecule has 0 saturated heterocycles. The van der Waals surface area contributed by atoms with Crippen LogP contribution in [0.25, 0.3) is 0 Å². The normalized spacial score (nSPS) is 9.89. The maximum atomic E-state index is 8.89. The molecule has 90 valence electrons. The molecule has 0 aliphatic rings. The minimum atomic E-state index is 0.595. The monoisotopic (exact) mass is 238 g/mol. The maximum absolute atomic E-state index is 8.89. The molecule has 0 amide bonds. The highest BCUT2D eigenvalue weighted by Gasteiger charge is 2.04. The molecule has 0 aliphatic carbocycles. The molecule has 3 heteroatoms. The molecule has 3 nitrogen and oxygen atoms in total. The van der Waals surface area contributed by atoms with Gasteiger partial charge in [0.25, 0.3) is 0 Å². The number of aryl methyl sites for hydroxylation is 3. The van der Waals surface area contributed by atoms with Gasteiger partial charge in [-0.3, -0.25) is 4.98 Å². The molecule has 2 rings (SSSR count). The standard InChI is InChI=1S/C15H14N2O/c1-10-4-5-13(9-16)8-15(10)18-14-6-11(2)17-12(3)7-14/h4-8H,1-3H3. The number of hydrogen-bond donors (Lipinski definition) is 0. The Kier molecular flexibility index (Phi) is 3.29. The second kappa shape index (κ2) is 4.89. The highest BCUT2D eigenvalue weighted by atomic mass is 16.5. The van der Waals surface area contributed by atoms with Crippen LogP contribution in [0.4, 0.5) is 0 Å². The second-order valence-corrected chi connectivity index (χ2v) is 4.28. The summed E-state index contributed by atoms with van der Waals surface area (Å²) in [6.45, 7) is 5.81. The summed E-state index contributed by atoms with van der Waals surface area (Å²) in [4.78, 5) is 4.30. The van der Waals surface area contributed by atoms with Gasteiger partial charge in [0.2, 0.25) is 0 Å². The summed E-state index contributed by atoms with van der Waals surface area (Å²) in [5.74, 6) is 1.46. The Morgan fingerprint density at radius 1 is 1.06 bits per heavy atom. The Morgan fingerprint density at radius 2 is 1.72 bits per heavy atom. The largest absolute Gasteiger partial charge is 0.457 e. The molecule has 2 aromatic rings. The zero-order valence-corrected chi connectivity index (χ0v) is 10.7. The predicted molar refractivity (Wildman–Crippen MR) is 69.7 cm³/mol. The van der Waals surface area contributed by atoms with Crippen molar-refractivity contribution in [3.63, 3.8) is 0 Å². The van der Waals surface area contributed by atoms with Crippen LogP contribution < -0.4 is 4.74 Å². The van der Waals surface area contributed by atoms with Gasteiger partial charge >= 0.3 is 0 Å². The Bertz CT molecular complexity index is 607. The minimum Gasteiger partial charge on any atom is -0.457 e. The lowest BCUT2D eigenvalue weighted by atomic mass is 10.1. The zero-order chi connectivity index (χ0) is 13.1. The molecule has 0 bridgehead atoms. The van der Waals surface area contributed by atoms with Gasteiger partial charge in [0.1, 0.15) is 11.5 Å². The third-order valence-corrected chi connectivity index (χ3v) is 2.60. The Hall–Kier alpha value is -2.34. The second-order valence-electron chi connectivity index (χ2n) is 4.28. The molecule has 0 spiro atoms. The van der Waals surface area contributed by atoms with E-state index in [9.17, 15) is 0 Å². The molecule has 1 aromatic heterocycles. The number of benzene rings is 1. The van der Waals surface area contributed by atoms with E-state index in [4.69, 9.17) is 10.00 Å². The first-order valence-electron chi connectivity index (χ1n) is 5.72. The Balaban J connectivity index is 2.36. The van der Waals surface area contributed by atoms with E-state index < -0.39 is 0 Å². The molecule has 0 fully saturated rings. The summed E-state index contributed by atoms with van der Waals surface area (Å²) >= 11 is 0. The summed E-state index contributed by atoms with van der Waals surface area (Å²) in [5, 5.41) is 8.89. The Labute approximate surface area is 107 Å². The average Bonchev–Trinajstić information content (AvgIpc) is 2.30. The smallest absolute Gasteiger partial charge is 0.131 e. The van der Waals surface area contributed by atoms with Crippen molar-refractivity contribution >= 4 is 0 Å². The zero-order valence-electron chi connectivity index (χ0n) is 10.7. The highest BCUT2D eigenvalue weighted by molar-refractivity contribution is 5.44. The molecule has 18 heavy (non-hydrogen) atoms. The lowest BCUT2D eigenvalue weighted by Crippen LogP contribution is -1.92. The van der Waals surface area contributed by atoms with Crippen molar-refractivity contribution in [3.8, 4) is 17.6 Å². The third kappa shape index (κ3) is 2.67. The van der Waals surface area contributed by atoms with Gasteiger partial charge in [-0.15, -0.1) is 0 Å². The van der Waals surface area contributed by atoms with Gasteiger partial charge in [0.05, 0.1) is 11.6 Å². The van der Waals surface area contributed by atoms with Crippen LogP contribution in [0.1, 0.15) is 22.5 Å². The van der Waals surface area contributed by atoms with Gasteiger partial charge in [-0.05, 0) is 38.5 Å². The SMILES string of the molecule is Cc1cc(Oc2cc(C#N)ccc2C)cc(C)n1. The van der Waals surface area contributed by atoms with Gasteiger partial charge in [0, 0.05) is 23.5 Å². The highest BCUT2D eigenvalue weighted by Crippen LogP contribution is 2.26. The lowest BCUT2D eigenvalue weighted by Gasteiger charge is -2.10. The number of pyridine rings is 1. The maximum Gasteiger partial charge on any atom is 0.131 e. The van der Waals surface area contributed by atoms with Crippen LogP contribution in [0.15, 0.2) is 30.3 Å². The van der Waals surface area contributed by atoms with Crippen LogP contribution in [-0.4, -0.2) is 4.98 Å². The van der Waals surface area contributed by atoms with Crippen molar-refractivity contribution in [2.24, 2.45) is 0 Å². The van der Waals surface area contributed by atoms with Gasteiger partial charge in [0.15, 0.2) is 0 Å². The molecule has 1 aromatic carbocycles. The van der Waals surface area contributed by atoms with E-state index in [0.717, 1.165) is 22.7 Å². The van der Waals surface area contributed by atoms with E-state index in [2.05, 4.69) is 11.1 Å². The van der Waals surface area contributed by atoms with Crippen LogP contribution in [0.2, 0.25) is 0 Å². The van der Waals surface area contributed by atoms with Gasteiger partial charge in [-0.1, -0.05) is 6.07 Å². The van der Waals surface area contributed by atoms with Crippen molar-refractivity contribution in [1.29, 1.82) is 5.26 Å². The summed E-state index contributed by atoms with van der Waals surface area (Å²) in [5.41, 5.74) is 3.43. The number of ether oxygens (including phenoxy) is 1. The fourth-order valence-electron chi connectivity index (χ4n) is 1.76. The first-order chi connectivity index (χ1) is 8.58. The van der Waals surface area contributed by atoms with Crippen LogP contribution in [-0.2, 0) is 0 Å². The fraction of sp³-hybridized carbons (Fsp3) is 0.200. The van der Waals surface area contributed by atoms with Crippen molar-refractivity contribution in [1.82, 2.24) is 4.98 Å². The molecule has 1 heterocycles. The van der Waals surface area contributed by atoms with Crippen LogP contribution in [0.5, 0.6) is 11.5 Å².